The molecule has 128 valence electrons. The third-order valence-electron chi connectivity index (χ3n) is 3.76. The summed E-state index contributed by atoms with van der Waals surface area (Å²) >= 11 is 3.57. The van der Waals surface area contributed by atoms with Gasteiger partial charge in [-0.05, 0) is 43.2 Å². The highest BCUT2D eigenvalue weighted by Gasteiger charge is 2.12. The maximum Gasteiger partial charge on any atom is 0.259 e. The van der Waals surface area contributed by atoms with Gasteiger partial charge in [-0.15, -0.1) is 0 Å². The first-order valence-electron chi connectivity index (χ1n) is 7.69. The molecule has 2 N–H and O–H groups in total. The molecule has 2 aromatic rings. The first-order valence-corrected chi connectivity index (χ1v) is 8.48. The molecule has 0 heterocycles. The second kappa shape index (κ2) is 8.00. The zero-order chi connectivity index (χ0) is 18.6. The van der Waals surface area contributed by atoms with Crippen molar-refractivity contribution in [1.82, 2.24) is 0 Å². The molecule has 2 aromatic carbocycles. The Labute approximate surface area is 156 Å². The Morgan fingerprint density at radius 2 is 1.88 bits per heavy atom. The minimum atomic E-state index is -0.753. The van der Waals surface area contributed by atoms with Crippen LogP contribution in [-0.2, 0) is 11.2 Å². The Morgan fingerprint density at radius 1 is 1.24 bits per heavy atom. The summed E-state index contributed by atoms with van der Waals surface area (Å²) < 4.78 is 6.36. The number of nitrogens with zero attached hydrogens (tertiary/aromatic N) is 1. The van der Waals surface area contributed by atoms with E-state index in [-0.39, 0.29) is 5.57 Å². The molecule has 5 heteroatoms. The van der Waals surface area contributed by atoms with E-state index < -0.39 is 5.91 Å². The van der Waals surface area contributed by atoms with Crippen molar-refractivity contribution in [2.75, 3.05) is 7.11 Å². The fourth-order valence-corrected chi connectivity index (χ4v) is 3.37. The van der Waals surface area contributed by atoms with Crippen LogP contribution in [0, 0.1) is 25.2 Å². The van der Waals surface area contributed by atoms with Gasteiger partial charge in [0, 0.05) is 16.5 Å². The maximum atomic E-state index is 11.2. The SMILES string of the molecule is COc1cc(/C=C(\C#N)C(N)=O)cc(Br)c1Cc1cc(C)cc(C)c1. The van der Waals surface area contributed by atoms with E-state index in [1.807, 2.05) is 6.07 Å². The van der Waals surface area contributed by atoms with E-state index >= 15 is 0 Å². The molecule has 0 aliphatic heterocycles. The standard InChI is InChI=1S/C20H19BrN2O2/c1-12-4-13(2)6-14(5-12)8-17-18(21)9-15(10-19(17)25-3)7-16(11-22)20(23)24/h4-7,9-10H,8H2,1-3H3,(H2,23,24)/b16-7+. The number of carbonyl (C=O) groups excluding carboxylic acids is 1. The minimum Gasteiger partial charge on any atom is -0.496 e. The van der Waals surface area contributed by atoms with Crippen molar-refractivity contribution in [3.8, 4) is 11.8 Å². The molecular formula is C20H19BrN2O2. The summed E-state index contributed by atoms with van der Waals surface area (Å²) in [6.07, 6.45) is 2.16. The number of nitrogens with two attached hydrogens (primary N) is 1. The Balaban J connectivity index is 2.47. The number of nitriles is 1. The monoisotopic (exact) mass is 398 g/mol. The fourth-order valence-electron chi connectivity index (χ4n) is 2.77. The topological polar surface area (TPSA) is 76.1 Å². The van der Waals surface area contributed by atoms with E-state index in [1.54, 1.807) is 19.2 Å². The first-order chi connectivity index (χ1) is 11.8. The van der Waals surface area contributed by atoms with Crippen molar-refractivity contribution in [3.05, 3.63) is 68.2 Å². The Morgan fingerprint density at radius 3 is 2.40 bits per heavy atom. The molecule has 0 atom stereocenters. The van der Waals surface area contributed by atoms with Crippen LogP contribution in [0.4, 0.5) is 0 Å². The second-order valence-corrected chi connectivity index (χ2v) is 6.74. The normalized spacial score (nSPS) is 11.1. The van der Waals surface area contributed by atoms with Crippen molar-refractivity contribution in [1.29, 1.82) is 5.26 Å². The average molecular weight is 399 g/mol. The lowest BCUT2D eigenvalue weighted by atomic mass is 9.98. The van der Waals surface area contributed by atoms with E-state index in [4.69, 9.17) is 15.7 Å². The van der Waals surface area contributed by atoms with Gasteiger partial charge < -0.3 is 10.5 Å². The highest BCUT2D eigenvalue weighted by Crippen LogP contribution is 2.32. The number of aryl methyl sites for hydroxylation is 2. The third kappa shape index (κ3) is 4.71. The van der Waals surface area contributed by atoms with Crippen LogP contribution in [0.15, 0.2) is 40.4 Å². The maximum absolute atomic E-state index is 11.2. The summed E-state index contributed by atoms with van der Waals surface area (Å²) in [7, 11) is 1.60. The van der Waals surface area contributed by atoms with Crippen molar-refractivity contribution >= 4 is 27.9 Å². The largest absolute Gasteiger partial charge is 0.496 e. The summed E-state index contributed by atoms with van der Waals surface area (Å²) in [5, 5.41) is 8.99. The number of hydrogen-bond donors (Lipinski definition) is 1. The highest BCUT2D eigenvalue weighted by molar-refractivity contribution is 9.10. The third-order valence-corrected chi connectivity index (χ3v) is 4.46. The molecule has 4 nitrogen and oxygen atoms in total. The molecule has 0 spiro atoms. The van der Waals surface area contributed by atoms with E-state index in [9.17, 15) is 4.79 Å². The van der Waals surface area contributed by atoms with Crippen molar-refractivity contribution in [2.24, 2.45) is 5.73 Å². The van der Waals surface area contributed by atoms with Gasteiger partial charge in [0.1, 0.15) is 17.4 Å². The van der Waals surface area contributed by atoms with Crippen LogP contribution < -0.4 is 10.5 Å². The lowest BCUT2D eigenvalue weighted by Crippen LogP contribution is -2.12. The molecule has 0 aliphatic carbocycles. The van der Waals surface area contributed by atoms with Gasteiger partial charge in [-0.3, -0.25) is 4.79 Å². The molecule has 2 rings (SSSR count). The van der Waals surface area contributed by atoms with Crippen LogP contribution in [0.5, 0.6) is 5.75 Å². The van der Waals surface area contributed by atoms with Crippen molar-refractivity contribution < 1.29 is 9.53 Å². The summed E-state index contributed by atoms with van der Waals surface area (Å²) in [5.74, 6) is -0.0709. The van der Waals surface area contributed by atoms with E-state index in [1.165, 1.54) is 22.8 Å². The van der Waals surface area contributed by atoms with Crippen LogP contribution in [-0.4, -0.2) is 13.0 Å². The van der Waals surface area contributed by atoms with Gasteiger partial charge in [-0.1, -0.05) is 45.3 Å². The molecule has 0 bridgehead atoms. The summed E-state index contributed by atoms with van der Waals surface area (Å²) in [6, 6.07) is 11.9. The lowest BCUT2D eigenvalue weighted by Gasteiger charge is -2.13. The number of ether oxygens (including phenoxy) is 1. The number of halogens is 1. The van der Waals surface area contributed by atoms with Gasteiger partial charge in [0.25, 0.3) is 5.91 Å². The molecule has 0 aliphatic rings. The predicted octanol–water partition coefficient (Wildman–Crippen LogP) is 4.06. The lowest BCUT2D eigenvalue weighted by molar-refractivity contribution is -0.114. The van der Waals surface area contributed by atoms with Crippen LogP contribution >= 0.6 is 15.9 Å². The van der Waals surface area contributed by atoms with Gasteiger partial charge in [0.2, 0.25) is 0 Å². The quantitative estimate of drug-likeness (QED) is 0.609. The van der Waals surface area contributed by atoms with Crippen LogP contribution in [0.2, 0.25) is 0 Å². The van der Waals surface area contributed by atoms with Crippen molar-refractivity contribution in [2.45, 2.75) is 20.3 Å². The van der Waals surface area contributed by atoms with E-state index in [0.717, 1.165) is 10.0 Å². The number of methoxy groups -OCH3 is 1. The number of carbonyl (C=O) groups is 1. The molecule has 25 heavy (non-hydrogen) atoms. The van der Waals surface area contributed by atoms with Gasteiger partial charge in [0.15, 0.2) is 0 Å². The molecule has 0 saturated carbocycles. The van der Waals surface area contributed by atoms with E-state index in [0.29, 0.717) is 17.7 Å². The summed E-state index contributed by atoms with van der Waals surface area (Å²) in [6.45, 7) is 4.15. The predicted molar refractivity (Wildman–Crippen MR) is 102 cm³/mol. The van der Waals surface area contributed by atoms with E-state index in [2.05, 4.69) is 48.0 Å². The van der Waals surface area contributed by atoms with Crippen LogP contribution in [0.25, 0.3) is 6.08 Å². The van der Waals surface area contributed by atoms with Gasteiger partial charge >= 0.3 is 0 Å². The molecule has 0 saturated heterocycles. The van der Waals surface area contributed by atoms with Gasteiger partial charge in [0.05, 0.1) is 7.11 Å². The van der Waals surface area contributed by atoms with Crippen LogP contribution in [0.3, 0.4) is 0 Å². The molecule has 0 unspecified atom stereocenters. The number of primary amides is 1. The summed E-state index contributed by atoms with van der Waals surface area (Å²) in [4.78, 5) is 11.2. The average Bonchev–Trinajstić information content (AvgIpc) is 2.53. The Bertz CT molecular complexity index is 875. The first kappa shape index (κ1) is 18.8. The zero-order valence-corrected chi connectivity index (χ0v) is 16.0. The molecule has 0 radical (unpaired) electrons. The Hall–Kier alpha value is -2.58. The zero-order valence-electron chi connectivity index (χ0n) is 14.4. The van der Waals surface area contributed by atoms with Crippen molar-refractivity contribution in [3.63, 3.8) is 0 Å². The number of amides is 1. The molecule has 0 fully saturated rings. The summed E-state index contributed by atoms with van der Waals surface area (Å²) in [5.41, 5.74) is 10.4. The van der Waals surface area contributed by atoms with Crippen LogP contribution in [0.1, 0.15) is 27.8 Å². The van der Waals surface area contributed by atoms with Gasteiger partial charge in [-0.2, -0.15) is 5.26 Å². The molecule has 0 aromatic heterocycles. The smallest absolute Gasteiger partial charge is 0.259 e. The number of benzene rings is 2. The molecule has 1 amide bonds. The van der Waals surface area contributed by atoms with Gasteiger partial charge in [-0.25, -0.2) is 0 Å². The number of rotatable bonds is 5. The minimum absolute atomic E-state index is 0.101. The second-order valence-electron chi connectivity index (χ2n) is 5.89. The number of hydrogen-bond acceptors (Lipinski definition) is 3. The molecular weight excluding hydrogens is 380 g/mol. The fraction of sp³-hybridized carbons (Fsp3) is 0.200. The Kier molecular flexibility index (Phi) is 6.00. The highest BCUT2D eigenvalue weighted by atomic mass is 79.9.